The third-order valence-corrected chi connectivity index (χ3v) is 3.66. The van der Waals surface area contributed by atoms with Crippen LogP contribution < -0.4 is 10.1 Å². The molecule has 0 aliphatic carbocycles. The Morgan fingerprint density at radius 2 is 1.86 bits per heavy atom. The minimum absolute atomic E-state index is 0.730. The van der Waals surface area contributed by atoms with Crippen LogP contribution in [-0.2, 0) is 6.54 Å². The quantitative estimate of drug-likeness (QED) is 0.736. The summed E-state index contributed by atoms with van der Waals surface area (Å²) in [6, 6.07) is 11.9. The highest BCUT2D eigenvalue weighted by molar-refractivity contribution is 6.30. The average Bonchev–Trinajstić information content (AvgIpc) is 2.44. The number of ether oxygens (including phenoxy) is 1. The van der Waals surface area contributed by atoms with Crippen molar-refractivity contribution in [3.05, 3.63) is 58.1 Å². The molecule has 0 amide bonds. The van der Waals surface area contributed by atoms with E-state index in [1.54, 1.807) is 0 Å². The summed E-state index contributed by atoms with van der Waals surface area (Å²) in [6.07, 6.45) is 1.15. The predicted octanol–water partition coefficient (Wildman–Crippen LogP) is 5.25. The van der Waals surface area contributed by atoms with E-state index in [0.717, 1.165) is 41.6 Å². The first-order valence-electron chi connectivity index (χ1n) is 7.34. The Bertz CT molecular complexity index is 610. The zero-order valence-electron chi connectivity index (χ0n) is 12.9. The van der Waals surface area contributed by atoms with E-state index < -0.39 is 0 Å². The molecule has 0 unspecified atom stereocenters. The Hall–Kier alpha value is -1.51. The number of nitrogens with one attached hydrogen (secondary N) is 1. The van der Waals surface area contributed by atoms with E-state index >= 15 is 0 Å². The maximum Gasteiger partial charge on any atom is 0.130 e. The van der Waals surface area contributed by atoms with Crippen LogP contribution in [0.15, 0.2) is 36.4 Å². The highest BCUT2D eigenvalue weighted by Crippen LogP contribution is 2.28. The van der Waals surface area contributed by atoms with E-state index in [1.165, 1.54) is 11.1 Å². The molecule has 0 aliphatic rings. The number of hydrogen-bond donors (Lipinski definition) is 1. The van der Waals surface area contributed by atoms with Gasteiger partial charge in [-0.3, -0.25) is 0 Å². The highest BCUT2D eigenvalue weighted by Gasteiger charge is 2.05. The molecule has 2 rings (SSSR count). The highest BCUT2D eigenvalue weighted by atomic mass is 35.5. The Balaban J connectivity index is 2.09. The van der Waals surface area contributed by atoms with Gasteiger partial charge in [0, 0.05) is 11.6 Å². The van der Waals surface area contributed by atoms with Gasteiger partial charge in [0.25, 0.3) is 0 Å². The van der Waals surface area contributed by atoms with Gasteiger partial charge in [-0.1, -0.05) is 24.6 Å². The third kappa shape index (κ3) is 4.48. The standard InChI is InChI=1S/C18H22ClNO/c1-4-9-20-12-15-5-7-17(11-13(15)2)21-18-8-6-16(19)10-14(18)3/h5-8,10-11,20H,4,9,12H2,1-3H3. The molecule has 2 aromatic carbocycles. The summed E-state index contributed by atoms with van der Waals surface area (Å²) in [5.41, 5.74) is 3.58. The molecule has 0 saturated heterocycles. The second-order valence-electron chi connectivity index (χ2n) is 5.28. The second-order valence-corrected chi connectivity index (χ2v) is 5.71. The molecule has 0 fully saturated rings. The van der Waals surface area contributed by atoms with Crippen LogP contribution in [0.25, 0.3) is 0 Å². The van der Waals surface area contributed by atoms with E-state index in [9.17, 15) is 0 Å². The molecule has 2 nitrogen and oxygen atoms in total. The smallest absolute Gasteiger partial charge is 0.130 e. The Labute approximate surface area is 132 Å². The molecule has 0 aliphatic heterocycles. The van der Waals surface area contributed by atoms with Crippen molar-refractivity contribution < 1.29 is 4.74 Å². The maximum atomic E-state index is 5.96. The Morgan fingerprint density at radius 1 is 1.05 bits per heavy atom. The molecule has 2 aromatic rings. The van der Waals surface area contributed by atoms with Crippen LogP contribution in [0.3, 0.4) is 0 Å². The third-order valence-electron chi connectivity index (χ3n) is 3.42. The SMILES string of the molecule is CCCNCc1ccc(Oc2ccc(Cl)cc2C)cc1C. The summed E-state index contributed by atoms with van der Waals surface area (Å²) in [7, 11) is 0. The minimum Gasteiger partial charge on any atom is -0.457 e. The Kier molecular flexibility index (Phi) is 5.66. The lowest BCUT2D eigenvalue weighted by Crippen LogP contribution is -2.14. The van der Waals surface area contributed by atoms with Gasteiger partial charge in [0.2, 0.25) is 0 Å². The maximum absolute atomic E-state index is 5.96. The summed E-state index contributed by atoms with van der Waals surface area (Å²) >= 11 is 5.96. The van der Waals surface area contributed by atoms with Crippen molar-refractivity contribution in [3.8, 4) is 11.5 Å². The van der Waals surface area contributed by atoms with Gasteiger partial charge in [-0.25, -0.2) is 0 Å². The first kappa shape index (κ1) is 15.9. The fourth-order valence-electron chi connectivity index (χ4n) is 2.18. The number of halogens is 1. The number of hydrogen-bond acceptors (Lipinski definition) is 2. The molecule has 112 valence electrons. The van der Waals surface area contributed by atoms with Gasteiger partial charge in [0.05, 0.1) is 0 Å². The van der Waals surface area contributed by atoms with Gasteiger partial charge in [-0.15, -0.1) is 0 Å². The van der Waals surface area contributed by atoms with Crippen molar-refractivity contribution in [1.82, 2.24) is 5.32 Å². The van der Waals surface area contributed by atoms with Crippen LogP contribution in [0.2, 0.25) is 5.02 Å². The van der Waals surface area contributed by atoms with E-state index in [-0.39, 0.29) is 0 Å². The molecular formula is C18H22ClNO. The van der Waals surface area contributed by atoms with E-state index in [0.29, 0.717) is 0 Å². The summed E-state index contributed by atoms with van der Waals surface area (Å²) in [6.45, 7) is 8.23. The monoisotopic (exact) mass is 303 g/mol. The molecule has 0 bridgehead atoms. The zero-order valence-corrected chi connectivity index (χ0v) is 13.6. The summed E-state index contributed by atoms with van der Waals surface area (Å²) in [5, 5.41) is 4.15. The van der Waals surface area contributed by atoms with Crippen molar-refractivity contribution in [1.29, 1.82) is 0 Å². The van der Waals surface area contributed by atoms with Gasteiger partial charge in [0.15, 0.2) is 0 Å². The van der Waals surface area contributed by atoms with E-state index in [4.69, 9.17) is 16.3 Å². The fourth-order valence-corrected chi connectivity index (χ4v) is 2.41. The lowest BCUT2D eigenvalue weighted by molar-refractivity contribution is 0.478. The normalized spacial score (nSPS) is 10.7. The number of benzene rings is 2. The van der Waals surface area contributed by atoms with Crippen LogP contribution in [-0.4, -0.2) is 6.54 Å². The van der Waals surface area contributed by atoms with E-state index in [1.807, 2.05) is 31.2 Å². The van der Waals surface area contributed by atoms with Crippen LogP contribution in [0, 0.1) is 13.8 Å². The molecule has 0 spiro atoms. The fraction of sp³-hybridized carbons (Fsp3) is 0.333. The zero-order chi connectivity index (χ0) is 15.2. The molecule has 1 N–H and O–H groups in total. The molecular weight excluding hydrogens is 282 g/mol. The van der Waals surface area contributed by atoms with Gasteiger partial charge in [-0.2, -0.15) is 0 Å². The van der Waals surface area contributed by atoms with Crippen molar-refractivity contribution in [2.75, 3.05) is 6.54 Å². The largest absolute Gasteiger partial charge is 0.457 e. The Morgan fingerprint density at radius 3 is 2.52 bits per heavy atom. The molecule has 0 heterocycles. The molecule has 3 heteroatoms. The van der Waals surface area contributed by atoms with Crippen molar-refractivity contribution in [3.63, 3.8) is 0 Å². The molecule has 0 saturated carbocycles. The molecule has 21 heavy (non-hydrogen) atoms. The number of rotatable bonds is 6. The minimum atomic E-state index is 0.730. The van der Waals surface area contributed by atoms with Crippen LogP contribution in [0.4, 0.5) is 0 Å². The van der Waals surface area contributed by atoms with Crippen LogP contribution >= 0.6 is 11.6 Å². The van der Waals surface area contributed by atoms with Crippen molar-refractivity contribution in [2.45, 2.75) is 33.7 Å². The van der Waals surface area contributed by atoms with Crippen LogP contribution in [0.1, 0.15) is 30.0 Å². The van der Waals surface area contributed by atoms with Gasteiger partial charge in [-0.05, 0) is 73.8 Å². The molecule has 0 radical (unpaired) electrons. The van der Waals surface area contributed by atoms with Crippen molar-refractivity contribution in [2.24, 2.45) is 0 Å². The average molecular weight is 304 g/mol. The van der Waals surface area contributed by atoms with Gasteiger partial charge < -0.3 is 10.1 Å². The first-order valence-corrected chi connectivity index (χ1v) is 7.72. The predicted molar refractivity (Wildman–Crippen MR) is 89.4 cm³/mol. The van der Waals surface area contributed by atoms with Gasteiger partial charge >= 0.3 is 0 Å². The van der Waals surface area contributed by atoms with Gasteiger partial charge in [0.1, 0.15) is 11.5 Å². The summed E-state index contributed by atoms with van der Waals surface area (Å²) < 4.78 is 5.95. The topological polar surface area (TPSA) is 21.3 Å². The second kappa shape index (κ2) is 7.48. The number of aryl methyl sites for hydroxylation is 2. The molecule has 0 aromatic heterocycles. The summed E-state index contributed by atoms with van der Waals surface area (Å²) in [5.74, 6) is 1.70. The van der Waals surface area contributed by atoms with E-state index in [2.05, 4.69) is 31.3 Å². The molecule has 0 atom stereocenters. The van der Waals surface area contributed by atoms with Crippen molar-refractivity contribution >= 4 is 11.6 Å². The lowest BCUT2D eigenvalue weighted by atomic mass is 10.1. The van der Waals surface area contributed by atoms with Crippen LogP contribution in [0.5, 0.6) is 11.5 Å². The lowest BCUT2D eigenvalue weighted by Gasteiger charge is -2.12. The first-order chi connectivity index (χ1) is 10.1. The summed E-state index contributed by atoms with van der Waals surface area (Å²) in [4.78, 5) is 0.